The Morgan fingerprint density at radius 3 is 2.50 bits per heavy atom. The van der Waals surface area contributed by atoms with Crippen molar-refractivity contribution >= 4 is 28.9 Å². The molecule has 1 aromatic carbocycles. The summed E-state index contributed by atoms with van der Waals surface area (Å²) in [5.41, 5.74) is 1.17. The topological polar surface area (TPSA) is 96.7 Å². The molecule has 0 spiro atoms. The van der Waals surface area contributed by atoms with E-state index in [-0.39, 0.29) is 28.6 Å². The SMILES string of the molecule is O=[N+]([O-])c1c(NC2CCN(Cc3ccccc3)CC2)nc(Cl)nc1N1CCOCC1. The molecule has 30 heavy (non-hydrogen) atoms. The zero-order valence-electron chi connectivity index (χ0n) is 16.7. The van der Waals surface area contributed by atoms with Crippen molar-refractivity contribution in [2.45, 2.75) is 25.4 Å². The molecule has 1 N–H and O–H groups in total. The molecular formula is C20H25ClN6O3. The minimum Gasteiger partial charge on any atom is -0.378 e. The Kier molecular flexibility index (Phi) is 6.61. The molecule has 0 bridgehead atoms. The number of aromatic nitrogens is 2. The van der Waals surface area contributed by atoms with E-state index < -0.39 is 4.92 Å². The number of hydrogen-bond acceptors (Lipinski definition) is 8. The first-order valence-electron chi connectivity index (χ1n) is 10.2. The van der Waals surface area contributed by atoms with Crippen molar-refractivity contribution in [2.24, 2.45) is 0 Å². The number of rotatable bonds is 6. The minimum atomic E-state index is -0.423. The van der Waals surface area contributed by atoms with E-state index in [1.165, 1.54) is 5.56 Å². The van der Waals surface area contributed by atoms with Gasteiger partial charge in [-0.2, -0.15) is 9.97 Å². The highest BCUT2D eigenvalue weighted by Gasteiger charge is 2.31. The quantitative estimate of drug-likeness (QED) is 0.422. The molecule has 3 heterocycles. The summed E-state index contributed by atoms with van der Waals surface area (Å²) in [6, 6.07) is 10.5. The zero-order valence-corrected chi connectivity index (χ0v) is 17.4. The second-order valence-corrected chi connectivity index (χ2v) is 7.89. The number of nitro groups is 1. The van der Waals surface area contributed by atoms with Crippen LogP contribution in [0.3, 0.4) is 0 Å². The van der Waals surface area contributed by atoms with Crippen LogP contribution in [0.2, 0.25) is 5.28 Å². The fourth-order valence-corrected chi connectivity index (χ4v) is 4.12. The van der Waals surface area contributed by atoms with Crippen LogP contribution in [-0.2, 0) is 11.3 Å². The Balaban J connectivity index is 1.45. The van der Waals surface area contributed by atoms with Gasteiger partial charge < -0.3 is 15.0 Å². The monoisotopic (exact) mass is 432 g/mol. The van der Waals surface area contributed by atoms with Gasteiger partial charge in [0.15, 0.2) is 0 Å². The lowest BCUT2D eigenvalue weighted by atomic mass is 10.0. The van der Waals surface area contributed by atoms with Gasteiger partial charge >= 0.3 is 5.69 Å². The third-order valence-corrected chi connectivity index (χ3v) is 5.68. The Morgan fingerprint density at radius 2 is 1.83 bits per heavy atom. The summed E-state index contributed by atoms with van der Waals surface area (Å²) in [5.74, 6) is 0.454. The van der Waals surface area contributed by atoms with Gasteiger partial charge in [-0.05, 0) is 30.0 Å². The fraction of sp³-hybridized carbons (Fsp3) is 0.500. The molecule has 2 fully saturated rings. The van der Waals surface area contributed by atoms with E-state index in [0.717, 1.165) is 32.5 Å². The van der Waals surface area contributed by atoms with Crippen molar-refractivity contribution in [2.75, 3.05) is 49.6 Å². The lowest BCUT2D eigenvalue weighted by Gasteiger charge is -2.33. The molecule has 160 valence electrons. The predicted octanol–water partition coefficient (Wildman–Crippen LogP) is 2.95. The summed E-state index contributed by atoms with van der Waals surface area (Å²) in [6.45, 7) is 4.80. The zero-order chi connectivity index (χ0) is 20.9. The number of halogens is 1. The van der Waals surface area contributed by atoms with Gasteiger partial charge in [-0.15, -0.1) is 0 Å². The van der Waals surface area contributed by atoms with E-state index in [2.05, 4.69) is 32.3 Å². The van der Waals surface area contributed by atoms with Crippen LogP contribution in [0.1, 0.15) is 18.4 Å². The molecule has 0 aliphatic carbocycles. The molecule has 9 nitrogen and oxygen atoms in total. The molecule has 1 aromatic heterocycles. The van der Waals surface area contributed by atoms with Crippen molar-refractivity contribution in [1.82, 2.24) is 14.9 Å². The number of morpholine rings is 1. The van der Waals surface area contributed by atoms with Gasteiger partial charge in [0.05, 0.1) is 18.1 Å². The van der Waals surface area contributed by atoms with Crippen LogP contribution >= 0.6 is 11.6 Å². The van der Waals surface area contributed by atoms with Crippen LogP contribution in [0, 0.1) is 10.1 Å². The third kappa shape index (κ3) is 4.97. The van der Waals surface area contributed by atoms with Crippen LogP contribution < -0.4 is 10.2 Å². The van der Waals surface area contributed by atoms with E-state index in [4.69, 9.17) is 16.3 Å². The standard InChI is InChI=1S/C20H25ClN6O3/c21-20-23-18(17(27(28)29)19(24-20)26-10-12-30-13-11-26)22-16-6-8-25(9-7-16)14-15-4-2-1-3-5-15/h1-5,16H,6-14H2,(H,22,23,24). The lowest BCUT2D eigenvalue weighted by Crippen LogP contribution is -2.39. The largest absolute Gasteiger partial charge is 0.378 e. The van der Waals surface area contributed by atoms with E-state index in [0.29, 0.717) is 26.3 Å². The second-order valence-electron chi connectivity index (χ2n) is 7.55. The van der Waals surface area contributed by atoms with Crippen LogP contribution in [-0.4, -0.2) is 65.2 Å². The van der Waals surface area contributed by atoms with Gasteiger partial charge in [-0.25, -0.2) is 0 Å². The summed E-state index contributed by atoms with van der Waals surface area (Å²) in [5, 5.41) is 15.1. The number of nitrogens with one attached hydrogen (secondary N) is 1. The Hall–Kier alpha value is -2.49. The number of ether oxygens (including phenoxy) is 1. The van der Waals surface area contributed by atoms with Crippen molar-refractivity contribution in [1.29, 1.82) is 0 Å². The number of hydrogen-bond donors (Lipinski definition) is 1. The van der Waals surface area contributed by atoms with E-state index in [1.54, 1.807) is 0 Å². The molecule has 2 aromatic rings. The maximum Gasteiger partial charge on any atom is 0.353 e. The summed E-state index contributed by atoms with van der Waals surface area (Å²) in [7, 11) is 0. The van der Waals surface area contributed by atoms with Gasteiger partial charge in [-0.3, -0.25) is 15.0 Å². The highest BCUT2D eigenvalue weighted by molar-refractivity contribution is 6.28. The molecule has 0 atom stereocenters. The molecule has 4 rings (SSSR count). The molecule has 2 aliphatic heterocycles. The number of benzene rings is 1. The first kappa shape index (κ1) is 20.8. The van der Waals surface area contributed by atoms with E-state index in [1.807, 2.05) is 23.1 Å². The van der Waals surface area contributed by atoms with Gasteiger partial charge in [-0.1, -0.05) is 30.3 Å². The first-order valence-corrected chi connectivity index (χ1v) is 10.6. The van der Waals surface area contributed by atoms with E-state index >= 15 is 0 Å². The summed E-state index contributed by atoms with van der Waals surface area (Å²) in [6.07, 6.45) is 1.75. The fourth-order valence-electron chi connectivity index (χ4n) is 3.95. The average molecular weight is 433 g/mol. The number of anilines is 2. The lowest BCUT2D eigenvalue weighted by molar-refractivity contribution is -0.383. The Morgan fingerprint density at radius 1 is 1.13 bits per heavy atom. The van der Waals surface area contributed by atoms with Crippen LogP contribution in [0.5, 0.6) is 0 Å². The second kappa shape index (κ2) is 9.55. The van der Waals surface area contributed by atoms with Crippen LogP contribution in [0.25, 0.3) is 0 Å². The molecule has 2 saturated heterocycles. The third-order valence-electron chi connectivity index (χ3n) is 5.51. The van der Waals surface area contributed by atoms with Crippen molar-refractivity contribution < 1.29 is 9.66 Å². The molecule has 0 amide bonds. The van der Waals surface area contributed by atoms with E-state index in [9.17, 15) is 10.1 Å². The predicted molar refractivity (Wildman–Crippen MR) is 115 cm³/mol. The van der Waals surface area contributed by atoms with Crippen molar-refractivity contribution in [3.05, 3.63) is 51.3 Å². The van der Waals surface area contributed by atoms with Crippen molar-refractivity contribution in [3.8, 4) is 0 Å². The minimum absolute atomic E-state index is 0.00565. The van der Waals surface area contributed by atoms with Gasteiger partial charge in [0.2, 0.25) is 16.9 Å². The highest BCUT2D eigenvalue weighted by Crippen LogP contribution is 2.35. The number of likely N-dealkylation sites (tertiary alicyclic amines) is 1. The van der Waals surface area contributed by atoms with Gasteiger partial charge in [0.1, 0.15) is 0 Å². The summed E-state index contributed by atoms with van der Waals surface area (Å²) < 4.78 is 5.35. The summed E-state index contributed by atoms with van der Waals surface area (Å²) >= 11 is 6.13. The molecule has 0 unspecified atom stereocenters. The number of nitrogens with zero attached hydrogens (tertiary/aromatic N) is 5. The Bertz CT molecular complexity index is 870. The molecule has 0 saturated carbocycles. The molecule has 0 radical (unpaired) electrons. The molecule has 2 aliphatic rings. The van der Waals surface area contributed by atoms with Crippen LogP contribution in [0.15, 0.2) is 30.3 Å². The average Bonchev–Trinajstić information content (AvgIpc) is 2.76. The maximum absolute atomic E-state index is 11.9. The number of piperidine rings is 1. The maximum atomic E-state index is 11.9. The first-order chi connectivity index (χ1) is 14.6. The molecular weight excluding hydrogens is 408 g/mol. The molecule has 10 heteroatoms. The highest BCUT2D eigenvalue weighted by atomic mass is 35.5. The summed E-state index contributed by atoms with van der Waals surface area (Å²) in [4.78, 5) is 24.0. The van der Waals surface area contributed by atoms with Crippen molar-refractivity contribution in [3.63, 3.8) is 0 Å². The van der Waals surface area contributed by atoms with Crippen LogP contribution in [0.4, 0.5) is 17.3 Å². The van der Waals surface area contributed by atoms with Gasteiger partial charge in [0.25, 0.3) is 0 Å². The normalized spacial score (nSPS) is 18.4. The van der Waals surface area contributed by atoms with Gasteiger partial charge in [0, 0.05) is 38.8 Å². The smallest absolute Gasteiger partial charge is 0.353 e. The Labute approximate surface area is 180 Å².